The Morgan fingerprint density at radius 2 is 1.44 bits per heavy atom. The minimum absolute atomic E-state index is 0. The van der Waals surface area contributed by atoms with Gasteiger partial charge in [-0.05, 0) is 62.6 Å². The number of fused-ring (bicyclic) bond motifs is 1. The summed E-state index contributed by atoms with van der Waals surface area (Å²) in [5.41, 5.74) is 1.10. The van der Waals surface area contributed by atoms with Gasteiger partial charge in [0.05, 0.1) is 6.10 Å². The number of allylic oxidation sites excluding steroid dienone is 2. The fourth-order valence-corrected chi connectivity index (χ4v) is 4.12. The molecule has 0 saturated carbocycles. The minimum atomic E-state index is -0.664. The maximum atomic E-state index is 10.3. The average Bonchev–Trinajstić information content (AvgIpc) is 3.30. The fraction of sp³-hybridized carbons (Fsp3) is 0.700. The molecule has 0 bridgehead atoms. The summed E-state index contributed by atoms with van der Waals surface area (Å²) in [5.74, 6) is 0.919. The third-order valence-electron chi connectivity index (χ3n) is 6.18. The number of rotatable bonds is 19. The number of hydrogen-bond acceptors (Lipinski definition) is 4. The van der Waals surface area contributed by atoms with Crippen LogP contribution in [0.25, 0.3) is 0 Å². The van der Waals surface area contributed by atoms with Gasteiger partial charge in [0.25, 0.3) is 0 Å². The first-order chi connectivity index (χ1) is 17.1. The van der Waals surface area contributed by atoms with Gasteiger partial charge in [-0.25, -0.2) is 0 Å². The number of carboxylic acids is 1. The van der Waals surface area contributed by atoms with Crippen LogP contribution >= 0.6 is 0 Å². The molecule has 2 rings (SSSR count). The second-order valence-corrected chi connectivity index (χ2v) is 9.56. The van der Waals surface area contributed by atoms with E-state index >= 15 is 0 Å². The van der Waals surface area contributed by atoms with Gasteiger partial charge < -0.3 is 19.7 Å². The van der Waals surface area contributed by atoms with Crippen LogP contribution in [0, 0.1) is 0 Å². The first kappa shape index (κ1) is 35.6. The molecule has 0 spiro atoms. The van der Waals surface area contributed by atoms with Crippen LogP contribution in [0.3, 0.4) is 0 Å². The summed E-state index contributed by atoms with van der Waals surface area (Å²) in [6.07, 6.45) is 23.5. The topological polar surface area (TPSA) is 76.0 Å². The SMILES string of the molecule is CCCC(O)Cc1ccc2c(c1)OCO2.CCCCCCCC/C=C\CCCCCCCC(=O)O.[KH]. The van der Waals surface area contributed by atoms with Crippen molar-refractivity contribution in [1.29, 1.82) is 0 Å². The zero-order valence-corrected chi connectivity index (χ0v) is 22.3. The number of aliphatic hydroxyl groups excluding tert-OH is 1. The summed E-state index contributed by atoms with van der Waals surface area (Å²) >= 11 is 0. The number of unbranched alkanes of at least 4 members (excludes halogenated alkanes) is 11. The number of carboxylic acid groups (broad SMARTS) is 1. The summed E-state index contributed by atoms with van der Waals surface area (Å²) in [5, 5.41) is 18.2. The standard InChI is InChI=1S/C18H34O2.C12H16O3.K.H/c1-2-3-4-5-6-7-8-9-10-11-12-13-14-15-16-17-18(19)20;1-2-3-10(13)6-9-4-5-11-12(7-9)15-8-14-11;;/h9-10H,2-8,11-17H2,1H3,(H,19,20);4-5,7,10,13H,2-3,6,8H2,1H3;;/b10-9-;;;. The van der Waals surface area contributed by atoms with Crippen molar-refractivity contribution in [2.24, 2.45) is 0 Å². The average molecular weight is 531 g/mol. The van der Waals surface area contributed by atoms with Gasteiger partial charge in [-0.1, -0.05) is 89.9 Å². The van der Waals surface area contributed by atoms with Crippen molar-refractivity contribution < 1.29 is 24.5 Å². The van der Waals surface area contributed by atoms with E-state index in [1.165, 1.54) is 70.6 Å². The Kier molecular flexibility index (Phi) is 24.7. The Bertz CT molecular complexity index is 692. The van der Waals surface area contributed by atoms with E-state index in [0.717, 1.165) is 42.7 Å². The molecule has 1 aliphatic rings. The molecule has 1 aromatic carbocycles. The van der Waals surface area contributed by atoms with Gasteiger partial charge in [-0.15, -0.1) is 0 Å². The number of ether oxygens (including phenoxy) is 2. The van der Waals surface area contributed by atoms with Crippen molar-refractivity contribution >= 4 is 57.4 Å². The summed E-state index contributed by atoms with van der Waals surface area (Å²) in [6.45, 7) is 4.63. The van der Waals surface area contributed by atoms with Gasteiger partial charge in [0.1, 0.15) is 0 Å². The molecule has 1 atom stereocenters. The van der Waals surface area contributed by atoms with Crippen molar-refractivity contribution in [3.8, 4) is 11.5 Å². The van der Waals surface area contributed by atoms with E-state index in [-0.39, 0.29) is 57.5 Å². The molecule has 1 aliphatic heterocycles. The summed E-state index contributed by atoms with van der Waals surface area (Å²) < 4.78 is 10.5. The van der Waals surface area contributed by atoms with Crippen LogP contribution in [0.1, 0.15) is 122 Å². The van der Waals surface area contributed by atoms with E-state index in [2.05, 4.69) is 26.0 Å². The molecule has 0 aromatic heterocycles. The predicted molar refractivity (Wildman–Crippen MR) is 151 cm³/mol. The fourth-order valence-electron chi connectivity index (χ4n) is 4.12. The zero-order chi connectivity index (χ0) is 25.6. The number of aliphatic carboxylic acids is 1. The molecule has 0 fully saturated rings. The first-order valence-electron chi connectivity index (χ1n) is 14.0. The number of hydrogen-bond donors (Lipinski definition) is 2. The van der Waals surface area contributed by atoms with E-state index < -0.39 is 5.97 Å². The van der Waals surface area contributed by atoms with Crippen LogP contribution in [0.2, 0.25) is 0 Å². The van der Waals surface area contributed by atoms with Crippen LogP contribution < -0.4 is 9.47 Å². The predicted octanol–water partition coefficient (Wildman–Crippen LogP) is 7.58. The number of benzene rings is 1. The molecule has 36 heavy (non-hydrogen) atoms. The van der Waals surface area contributed by atoms with E-state index in [1.807, 2.05) is 18.2 Å². The summed E-state index contributed by atoms with van der Waals surface area (Å²) in [7, 11) is 0. The quantitative estimate of drug-likeness (QED) is 0.110. The molecule has 0 saturated heterocycles. The summed E-state index contributed by atoms with van der Waals surface area (Å²) in [4.78, 5) is 10.3. The van der Waals surface area contributed by atoms with Crippen LogP contribution in [-0.2, 0) is 11.2 Å². The molecule has 0 radical (unpaired) electrons. The van der Waals surface area contributed by atoms with E-state index in [0.29, 0.717) is 19.6 Å². The molecule has 202 valence electrons. The van der Waals surface area contributed by atoms with Crippen molar-refractivity contribution in [2.75, 3.05) is 6.79 Å². The van der Waals surface area contributed by atoms with Gasteiger partial charge in [-0.3, -0.25) is 4.79 Å². The zero-order valence-electron chi connectivity index (χ0n) is 22.3. The Morgan fingerprint density at radius 1 is 0.861 bits per heavy atom. The van der Waals surface area contributed by atoms with Crippen LogP contribution in [0.15, 0.2) is 30.4 Å². The van der Waals surface area contributed by atoms with E-state index in [9.17, 15) is 9.90 Å². The van der Waals surface area contributed by atoms with Crippen molar-refractivity contribution in [3.05, 3.63) is 35.9 Å². The van der Waals surface area contributed by atoms with Crippen LogP contribution in [0.4, 0.5) is 0 Å². The number of carbonyl (C=O) groups is 1. The molecule has 0 amide bonds. The van der Waals surface area contributed by atoms with Crippen LogP contribution in [-0.4, -0.2) is 80.5 Å². The first-order valence-corrected chi connectivity index (χ1v) is 14.0. The van der Waals surface area contributed by atoms with E-state index in [1.54, 1.807) is 0 Å². The molecule has 1 unspecified atom stereocenters. The molecule has 1 aromatic rings. The van der Waals surface area contributed by atoms with Crippen molar-refractivity contribution in [2.45, 2.75) is 129 Å². The van der Waals surface area contributed by atoms with Gasteiger partial charge in [0, 0.05) is 6.42 Å². The third kappa shape index (κ3) is 19.7. The maximum absolute atomic E-state index is 10.3. The van der Waals surface area contributed by atoms with Gasteiger partial charge in [-0.2, -0.15) is 0 Å². The van der Waals surface area contributed by atoms with Gasteiger partial charge in [0.15, 0.2) is 11.5 Å². The Labute approximate surface area is 262 Å². The Morgan fingerprint density at radius 3 is 2.06 bits per heavy atom. The molecule has 5 nitrogen and oxygen atoms in total. The monoisotopic (exact) mass is 530 g/mol. The molecule has 6 heteroatoms. The summed E-state index contributed by atoms with van der Waals surface area (Å²) in [6, 6.07) is 5.82. The van der Waals surface area contributed by atoms with E-state index in [4.69, 9.17) is 14.6 Å². The second-order valence-electron chi connectivity index (χ2n) is 9.56. The Hall–Kier alpha value is -0.374. The van der Waals surface area contributed by atoms with Gasteiger partial charge >= 0.3 is 57.4 Å². The molecular weight excluding hydrogens is 479 g/mol. The van der Waals surface area contributed by atoms with Crippen molar-refractivity contribution in [3.63, 3.8) is 0 Å². The molecule has 1 heterocycles. The molecule has 0 aliphatic carbocycles. The normalized spacial score (nSPS) is 12.6. The second kappa shape index (κ2) is 24.9. The Balaban J connectivity index is 0.000000682. The number of aliphatic hydroxyl groups is 1. The van der Waals surface area contributed by atoms with Crippen molar-refractivity contribution in [1.82, 2.24) is 0 Å². The van der Waals surface area contributed by atoms with Gasteiger partial charge in [0.2, 0.25) is 6.79 Å². The molecular formula is C30H51KO5. The molecule has 2 N–H and O–H groups in total. The van der Waals surface area contributed by atoms with Crippen LogP contribution in [0.5, 0.6) is 11.5 Å². The third-order valence-corrected chi connectivity index (χ3v) is 6.18.